The van der Waals surface area contributed by atoms with Crippen molar-refractivity contribution in [3.63, 3.8) is 0 Å². The molecule has 0 spiro atoms. The van der Waals surface area contributed by atoms with Gasteiger partial charge in [-0.05, 0) is 56.1 Å². The van der Waals surface area contributed by atoms with E-state index in [9.17, 15) is 21.6 Å². The fraction of sp³-hybridized carbons (Fsp3) is 0.381. The molecule has 1 aliphatic heterocycles. The summed E-state index contributed by atoms with van der Waals surface area (Å²) < 4.78 is 63.8. The van der Waals surface area contributed by atoms with Crippen molar-refractivity contribution in [1.29, 1.82) is 0 Å². The summed E-state index contributed by atoms with van der Waals surface area (Å²) in [5, 5.41) is 0. The number of rotatable bonds is 9. The summed E-state index contributed by atoms with van der Waals surface area (Å²) in [5.41, 5.74) is 0.946. The fourth-order valence-corrected chi connectivity index (χ4v) is 6.06. The lowest BCUT2D eigenvalue weighted by molar-refractivity contribution is -0.116. The van der Waals surface area contributed by atoms with Gasteiger partial charge in [0.2, 0.25) is 26.0 Å². The Bertz CT molecular complexity index is 1230. The first-order chi connectivity index (χ1) is 15.5. The van der Waals surface area contributed by atoms with Crippen LogP contribution in [0, 0.1) is 0 Å². The van der Waals surface area contributed by atoms with Crippen LogP contribution in [0.5, 0.6) is 11.5 Å². The molecule has 33 heavy (non-hydrogen) atoms. The number of methoxy groups -OCH3 is 2. The van der Waals surface area contributed by atoms with Crippen molar-refractivity contribution < 1.29 is 31.1 Å². The van der Waals surface area contributed by atoms with Gasteiger partial charge in [-0.3, -0.25) is 4.79 Å². The third-order valence-corrected chi connectivity index (χ3v) is 8.47. The van der Waals surface area contributed by atoms with Gasteiger partial charge in [-0.2, -0.15) is 0 Å². The maximum atomic E-state index is 12.9. The first-order valence-corrected chi connectivity index (χ1v) is 13.1. The first-order valence-electron chi connectivity index (χ1n) is 10.0. The van der Waals surface area contributed by atoms with Gasteiger partial charge in [0.25, 0.3) is 0 Å². The number of hydrogen-bond donors (Lipinski definition) is 1. The molecule has 1 fully saturated rings. The summed E-state index contributed by atoms with van der Waals surface area (Å²) in [5.74, 6) is 0.312. The minimum Gasteiger partial charge on any atom is -0.493 e. The Morgan fingerprint density at radius 2 is 1.70 bits per heavy atom. The monoisotopic (exact) mass is 497 g/mol. The number of sulfonamides is 2. The number of nitrogens with zero attached hydrogens (tertiary/aromatic N) is 2. The zero-order valence-electron chi connectivity index (χ0n) is 18.8. The lowest BCUT2D eigenvalue weighted by Crippen LogP contribution is -2.34. The van der Waals surface area contributed by atoms with Crippen molar-refractivity contribution in [2.75, 3.05) is 44.9 Å². The molecule has 1 aliphatic rings. The van der Waals surface area contributed by atoms with Crippen molar-refractivity contribution >= 4 is 31.6 Å². The number of hydrogen-bond acceptors (Lipinski definition) is 8. The summed E-state index contributed by atoms with van der Waals surface area (Å²) >= 11 is 0. The smallest absolute Gasteiger partial charge is 0.242 e. The molecule has 3 rings (SSSR count). The first kappa shape index (κ1) is 25.0. The van der Waals surface area contributed by atoms with E-state index < -0.39 is 26.0 Å². The van der Waals surface area contributed by atoms with E-state index in [2.05, 4.69) is 4.72 Å². The third kappa shape index (κ3) is 5.29. The second-order valence-corrected chi connectivity index (χ2v) is 11.4. The summed E-state index contributed by atoms with van der Waals surface area (Å²) in [6, 6.07) is 10.3. The summed E-state index contributed by atoms with van der Waals surface area (Å²) in [4.78, 5) is 13.8. The van der Waals surface area contributed by atoms with Gasteiger partial charge in [0.05, 0.1) is 30.6 Å². The molecule has 2 aromatic rings. The van der Waals surface area contributed by atoms with Crippen molar-refractivity contribution in [3.8, 4) is 11.5 Å². The molecule has 0 saturated carbocycles. The Morgan fingerprint density at radius 3 is 2.21 bits per heavy atom. The molecule has 1 N–H and O–H groups in total. The van der Waals surface area contributed by atoms with Crippen LogP contribution >= 0.6 is 0 Å². The van der Waals surface area contributed by atoms with Gasteiger partial charge >= 0.3 is 0 Å². The number of likely N-dealkylation sites (N-methyl/N-ethyl adjacent to an activating group) is 1. The van der Waals surface area contributed by atoms with Crippen LogP contribution in [0.15, 0.2) is 47.4 Å². The predicted octanol–water partition coefficient (Wildman–Crippen LogP) is 1.35. The van der Waals surface area contributed by atoms with Crippen LogP contribution < -0.4 is 18.5 Å². The Hall–Kier alpha value is -2.67. The highest BCUT2D eigenvalue weighted by Crippen LogP contribution is 2.31. The Morgan fingerprint density at radius 1 is 1.06 bits per heavy atom. The van der Waals surface area contributed by atoms with Crippen LogP contribution in [-0.2, 0) is 24.8 Å². The third-order valence-electron chi connectivity index (χ3n) is 5.34. The van der Waals surface area contributed by atoms with Gasteiger partial charge in [-0.15, -0.1) is 0 Å². The molecule has 0 bridgehead atoms. The van der Waals surface area contributed by atoms with E-state index in [1.807, 2.05) is 25.1 Å². The quantitative estimate of drug-likeness (QED) is 0.551. The van der Waals surface area contributed by atoms with E-state index in [4.69, 9.17) is 9.47 Å². The minimum atomic E-state index is -3.89. The molecule has 180 valence electrons. The lowest BCUT2D eigenvalue weighted by atomic mass is 10.1. The molecule has 0 aliphatic carbocycles. The molecule has 0 radical (unpaired) electrons. The van der Waals surface area contributed by atoms with Crippen LogP contribution in [0.25, 0.3) is 0 Å². The van der Waals surface area contributed by atoms with Crippen LogP contribution in [0.4, 0.5) is 5.69 Å². The summed E-state index contributed by atoms with van der Waals surface area (Å²) in [7, 11) is -0.882. The van der Waals surface area contributed by atoms with E-state index in [-0.39, 0.29) is 35.3 Å². The van der Waals surface area contributed by atoms with E-state index in [0.29, 0.717) is 11.5 Å². The van der Waals surface area contributed by atoms with Crippen molar-refractivity contribution in [2.45, 2.75) is 17.4 Å². The number of carbonyl (C=O) groups excluding carboxylic acids is 1. The maximum absolute atomic E-state index is 12.9. The number of carbonyl (C=O) groups is 1. The maximum Gasteiger partial charge on any atom is 0.242 e. The molecule has 1 heterocycles. The number of nitrogens with one attached hydrogen (secondary N) is 1. The van der Waals surface area contributed by atoms with Crippen molar-refractivity contribution in [1.82, 2.24) is 9.62 Å². The topological polar surface area (TPSA) is 122 Å². The molecule has 12 heteroatoms. The highest BCUT2D eigenvalue weighted by Gasteiger charge is 2.36. The zero-order valence-corrected chi connectivity index (χ0v) is 20.4. The summed E-state index contributed by atoms with van der Waals surface area (Å²) in [6.07, 6.45) is -0.0913. The Balaban J connectivity index is 1.79. The molecule has 0 aromatic heterocycles. The van der Waals surface area contributed by atoms with Gasteiger partial charge in [0, 0.05) is 19.0 Å². The van der Waals surface area contributed by atoms with E-state index in [1.54, 1.807) is 12.1 Å². The van der Waals surface area contributed by atoms with E-state index in [1.165, 1.54) is 38.5 Å². The second kappa shape index (κ2) is 9.67. The lowest BCUT2D eigenvalue weighted by Gasteiger charge is -2.26. The number of anilines is 1. The van der Waals surface area contributed by atoms with Crippen molar-refractivity contribution in [2.24, 2.45) is 0 Å². The van der Waals surface area contributed by atoms with Gasteiger partial charge in [-0.25, -0.2) is 25.9 Å². The molecule has 2 aromatic carbocycles. The van der Waals surface area contributed by atoms with Crippen LogP contribution in [0.1, 0.15) is 18.0 Å². The van der Waals surface area contributed by atoms with Gasteiger partial charge in [0.15, 0.2) is 11.5 Å². The fourth-order valence-electron chi connectivity index (χ4n) is 3.56. The Kier molecular flexibility index (Phi) is 7.32. The Labute approximate surface area is 194 Å². The molecule has 1 atom stereocenters. The van der Waals surface area contributed by atoms with E-state index in [0.717, 1.165) is 9.87 Å². The zero-order chi connectivity index (χ0) is 24.4. The van der Waals surface area contributed by atoms with Crippen LogP contribution in [-0.4, -0.2) is 68.3 Å². The number of amides is 1. The van der Waals surface area contributed by atoms with Crippen molar-refractivity contribution in [3.05, 3.63) is 48.0 Å². The standard InChI is InChI=1S/C21H27N3O7S2/c1-23(2)18(15-5-10-19(30-3)20(13-15)31-4)14-22-33(28,29)17-8-6-16(7-9-17)24-21(25)11-12-32(24,26)27/h5-10,13,18,22H,11-12,14H2,1-4H3. The van der Waals surface area contributed by atoms with Gasteiger partial charge in [-0.1, -0.05) is 6.07 Å². The average Bonchev–Trinajstić information content (AvgIpc) is 3.05. The highest BCUT2D eigenvalue weighted by atomic mass is 32.2. The largest absolute Gasteiger partial charge is 0.493 e. The van der Waals surface area contributed by atoms with Crippen LogP contribution in [0.2, 0.25) is 0 Å². The van der Waals surface area contributed by atoms with E-state index >= 15 is 0 Å². The molecule has 1 amide bonds. The van der Waals surface area contributed by atoms with Gasteiger partial charge < -0.3 is 14.4 Å². The SMILES string of the molecule is COc1ccc(C(CNS(=O)(=O)c2ccc(N3C(=O)CCS3(=O)=O)cc2)N(C)C)cc1OC. The highest BCUT2D eigenvalue weighted by molar-refractivity contribution is 7.94. The average molecular weight is 498 g/mol. The normalized spacial score (nSPS) is 16.8. The molecular formula is C21H27N3O7S2. The second-order valence-electron chi connectivity index (χ2n) is 7.66. The number of ether oxygens (including phenoxy) is 2. The minimum absolute atomic E-state index is 0.0416. The summed E-state index contributed by atoms with van der Waals surface area (Å²) in [6.45, 7) is 0.0750. The molecule has 1 saturated heterocycles. The molecular weight excluding hydrogens is 470 g/mol. The predicted molar refractivity (Wildman–Crippen MR) is 123 cm³/mol. The molecule has 1 unspecified atom stereocenters. The van der Waals surface area contributed by atoms with Crippen LogP contribution in [0.3, 0.4) is 0 Å². The number of benzene rings is 2. The molecule has 10 nitrogen and oxygen atoms in total. The van der Waals surface area contributed by atoms with Gasteiger partial charge in [0.1, 0.15) is 0 Å².